The average molecular weight is 181 g/mol. The fraction of sp³-hybridized carbons (Fsp3) is 0.400. The zero-order valence-corrected chi connectivity index (χ0v) is 7.20. The number of nitrogen functional groups attached to an aromatic ring is 1. The molecule has 2 rings (SSSR count). The SMILES string of the molecule is Nc1cc(C(O)C2CC2)ccc1F. The van der Waals surface area contributed by atoms with Crippen molar-refractivity contribution >= 4 is 5.69 Å². The maximum Gasteiger partial charge on any atom is 0.146 e. The van der Waals surface area contributed by atoms with E-state index in [1.807, 2.05) is 0 Å². The maximum absolute atomic E-state index is 12.8. The number of hydrogen-bond donors (Lipinski definition) is 2. The second-order valence-corrected chi connectivity index (χ2v) is 3.56. The summed E-state index contributed by atoms with van der Waals surface area (Å²) in [6.07, 6.45) is 1.64. The predicted octanol–water partition coefficient (Wildman–Crippen LogP) is 1.85. The molecule has 1 atom stereocenters. The van der Waals surface area contributed by atoms with Gasteiger partial charge in [0.1, 0.15) is 5.82 Å². The Balaban J connectivity index is 2.24. The van der Waals surface area contributed by atoms with Crippen LogP contribution in [0.15, 0.2) is 18.2 Å². The summed E-state index contributed by atoms with van der Waals surface area (Å²) in [5.41, 5.74) is 6.22. The number of aliphatic hydroxyl groups excluding tert-OH is 1. The number of anilines is 1. The largest absolute Gasteiger partial charge is 0.396 e. The Kier molecular flexibility index (Phi) is 1.96. The molecule has 1 aliphatic rings. The van der Waals surface area contributed by atoms with Gasteiger partial charge in [0.2, 0.25) is 0 Å². The highest BCUT2D eigenvalue weighted by Gasteiger charge is 2.30. The van der Waals surface area contributed by atoms with E-state index >= 15 is 0 Å². The van der Waals surface area contributed by atoms with Crippen LogP contribution in [0.2, 0.25) is 0 Å². The second-order valence-electron chi connectivity index (χ2n) is 3.56. The first kappa shape index (κ1) is 8.51. The molecule has 1 unspecified atom stereocenters. The quantitative estimate of drug-likeness (QED) is 0.684. The third-order valence-corrected chi connectivity index (χ3v) is 2.43. The molecule has 1 aliphatic carbocycles. The van der Waals surface area contributed by atoms with Gasteiger partial charge in [0.15, 0.2) is 0 Å². The molecule has 3 heteroatoms. The van der Waals surface area contributed by atoms with Gasteiger partial charge in [0, 0.05) is 0 Å². The summed E-state index contributed by atoms with van der Waals surface area (Å²) in [5, 5.41) is 9.70. The van der Waals surface area contributed by atoms with Crippen molar-refractivity contribution in [3.8, 4) is 0 Å². The molecule has 70 valence electrons. The van der Waals surface area contributed by atoms with Crippen LogP contribution in [0, 0.1) is 11.7 Å². The highest BCUT2D eigenvalue weighted by molar-refractivity contribution is 5.43. The molecule has 0 amide bonds. The van der Waals surface area contributed by atoms with Gasteiger partial charge >= 0.3 is 0 Å². The summed E-state index contributed by atoms with van der Waals surface area (Å²) in [6, 6.07) is 4.41. The van der Waals surface area contributed by atoms with E-state index in [1.165, 1.54) is 12.1 Å². The van der Waals surface area contributed by atoms with Crippen LogP contribution in [0.3, 0.4) is 0 Å². The van der Waals surface area contributed by atoms with Gasteiger partial charge in [-0.15, -0.1) is 0 Å². The fourth-order valence-electron chi connectivity index (χ4n) is 1.43. The molecule has 0 radical (unpaired) electrons. The minimum Gasteiger partial charge on any atom is -0.396 e. The van der Waals surface area contributed by atoms with Gasteiger partial charge < -0.3 is 10.8 Å². The van der Waals surface area contributed by atoms with E-state index in [0.717, 1.165) is 18.4 Å². The van der Waals surface area contributed by atoms with Crippen LogP contribution in [0.25, 0.3) is 0 Å². The Morgan fingerprint density at radius 3 is 2.69 bits per heavy atom. The summed E-state index contributed by atoms with van der Waals surface area (Å²) in [5.74, 6) is -0.0726. The van der Waals surface area contributed by atoms with E-state index < -0.39 is 11.9 Å². The van der Waals surface area contributed by atoms with Crippen LogP contribution in [0.1, 0.15) is 24.5 Å². The van der Waals surface area contributed by atoms with E-state index in [1.54, 1.807) is 6.07 Å². The molecule has 0 heterocycles. The van der Waals surface area contributed by atoms with Crippen LogP contribution in [-0.4, -0.2) is 5.11 Å². The van der Waals surface area contributed by atoms with Crippen LogP contribution < -0.4 is 5.73 Å². The summed E-state index contributed by atoms with van der Waals surface area (Å²) in [7, 11) is 0. The third kappa shape index (κ3) is 1.65. The number of benzene rings is 1. The second kappa shape index (κ2) is 3.00. The summed E-state index contributed by atoms with van der Waals surface area (Å²) < 4.78 is 12.8. The molecule has 1 saturated carbocycles. The lowest BCUT2D eigenvalue weighted by molar-refractivity contribution is 0.154. The van der Waals surface area contributed by atoms with Gasteiger partial charge in [0.05, 0.1) is 11.8 Å². The molecule has 0 saturated heterocycles. The first-order valence-electron chi connectivity index (χ1n) is 4.41. The smallest absolute Gasteiger partial charge is 0.146 e. The molecule has 1 fully saturated rings. The molecule has 1 aromatic carbocycles. The topological polar surface area (TPSA) is 46.2 Å². The van der Waals surface area contributed by atoms with Crippen molar-refractivity contribution in [1.29, 1.82) is 0 Å². The van der Waals surface area contributed by atoms with Crippen molar-refractivity contribution in [2.45, 2.75) is 18.9 Å². The number of halogens is 1. The Hall–Kier alpha value is -1.09. The molecule has 0 aromatic heterocycles. The fourth-order valence-corrected chi connectivity index (χ4v) is 1.43. The van der Waals surface area contributed by atoms with E-state index in [0.29, 0.717) is 5.92 Å². The van der Waals surface area contributed by atoms with E-state index in [-0.39, 0.29) is 5.69 Å². The van der Waals surface area contributed by atoms with Gasteiger partial charge in [-0.1, -0.05) is 6.07 Å². The lowest BCUT2D eigenvalue weighted by Gasteiger charge is -2.09. The minimum atomic E-state index is -0.470. The number of rotatable bonds is 2. The lowest BCUT2D eigenvalue weighted by Crippen LogP contribution is -2.01. The molecular weight excluding hydrogens is 169 g/mol. The first-order valence-corrected chi connectivity index (χ1v) is 4.41. The number of nitrogens with two attached hydrogens (primary N) is 1. The lowest BCUT2D eigenvalue weighted by atomic mass is 10.0. The molecule has 1 aromatic rings. The standard InChI is InChI=1S/C10H12FNO/c11-8-4-3-7(5-9(8)12)10(13)6-1-2-6/h3-6,10,13H,1-2,12H2. The third-order valence-electron chi connectivity index (χ3n) is 2.43. The summed E-state index contributed by atoms with van der Waals surface area (Å²) in [6.45, 7) is 0. The molecular formula is C10H12FNO. The molecule has 0 aliphatic heterocycles. The molecule has 3 N–H and O–H groups in total. The van der Waals surface area contributed by atoms with Gasteiger partial charge in [-0.05, 0) is 36.5 Å². The number of aliphatic hydroxyl groups is 1. The van der Waals surface area contributed by atoms with Gasteiger partial charge in [-0.25, -0.2) is 4.39 Å². The van der Waals surface area contributed by atoms with Crippen molar-refractivity contribution in [1.82, 2.24) is 0 Å². The Labute approximate surface area is 76.2 Å². The maximum atomic E-state index is 12.8. The Morgan fingerprint density at radius 1 is 1.46 bits per heavy atom. The first-order chi connectivity index (χ1) is 6.18. The molecule has 0 bridgehead atoms. The average Bonchev–Trinajstić information content (AvgIpc) is 2.91. The monoisotopic (exact) mass is 181 g/mol. The normalized spacial score (nSPS) is 18.6. The van der Waals surface area contributed by atoms with Crippen molar-refractivity contribution in [3.05, 3.63) is 29.6 Å². The van der Waals surface area contributed by atoms with Crippen LogP contribution in [0.5, 0.6) is 0 Å². The van der Waals surface area contributed by atoms with Gasteiger partial charge in [-0.3, -0.25) is 0 Å². The molecule has 13 heavy (non-hydrogen) atoms. The zero-order chi connectivity index (χ0) is 9.42. The number of hydrogen-bond acceptors (Lipinski definition) is 2. The van der Waals surface area contributed by atoms with Crippen molar-refractivity contribution in [2.75, 3.05) is 5.73 Å². The highest BCUT2D eigenvalue weighted by Crippen LogP contribution is 2.41. The Morgan fingerprint density at radius 2 is 2.15 bits per heavy atom. The van der Waals surface area contributed by atoms with Crippen molar-refractivity contribution in [3.63, 3.8) is 0 Å². The van der Waals surface area contributed by atoms with E-state index in [4.69, 9.17) is 5.73 Å². The minimum absolute atomic E-state index is 0.109. The van der Waals surface area contributed by atoms with E-state index in [2.05, 4.69) is 0 Å². The van der Waals surface area contributed by atoms with Crippen LogP contribution in [-0.2, 0) is 0 Å². The Bertz CT molecular complexity index is 323. The highest BCUT2D eigenvalue weighted by atomic mass is 19.1. The van der Waals surface area contributed by atoms with E-state index in [9.17, 15) is 9.50 Å². The summed E-state index contributed by atoms with van der Waals surface area (Å²) in [4.78, 5) is 0. The molecule has 2 nitrogen and oxygen atoms in total. The molecule has 0 spiro atoms. The van der Waals surface area contributed by atoms with Gasteiger partial charge in [0.25, 0.3) is 0 Å². The van der Waals surface area contributed by atoms with Crippen LogP contribution in [0.4, 0.5) is 10.1 Å². The summed E-state index contributed by atoms with van der Waals surface area (Å²) >= 11 is 0. The predicted molar refractivity (Wildman–Crippen MR) is 48.5 cm³/mol. The van der Waals surface area contributed by atoms with Gasteiger partial charge in [-0.2, -0.15) is 0 Å². The zero-order valence-electron chi connectivity index (χ0n) is 7.20. The van der Waals surface area contributed by atoms with Crippen molar-refractivity contribution in [2.24, 2.45) is 5.92 Å². The van der Waals surface area contributed by atoms with Crippen molar-refractivity contribution < 1.29 is 9.50 Å². The van der Waals surface area contributed by atoms with Crippen LogP contribution >= 0.6 is 0 Å².